The molecule has 0 bridgehead atoms. The third kappa shape index (κ3) is 2.80. The minimum absolute atomic E-state index is 0.187. The molecule has 1 aromatic rings. The quantitative estimate of drug-likeness (QED) is 0.795. The van der Waals surface area contributed by atoms with Crippen molar-refractivity contribution < 1.29 is 17.9 Å². The maximum Gasteiger partial charge on any atom is 0.573 e. The van der Waals surface area contributed by atoms with Gasteiger partial charge >= 0.3 is 6.36 Å². The molecule has 0 aliphatic rings. The molecule has 0 heterocycles. The zero-order chi connectivity index (χ0) is 10.9. The highest BCUT2D eigenvalue weighted by atomic mass is 79.9. The van der Waals surface area contributed by atoms with Gasteiger partial charge in [0.05, 0.1) is 4.47 Å². The fraction of sp³-hybridized carbons (Fsp3) is 0.250. The number of hydrogen-bond donors (Lipinski definition) is 1. The van der Waals surface area contributed by atoms with Gasteiger partial charge < -0.3 is 10.5 Å². The summed E-state index contributed by atoms with van der Waals surface area (Å²) in [5, 5.41) is 0. The molecule has 2 N–H and O–H groups in total. The summed E-state index contributed by atoms with van der Waals surface area (Å²) in [6.07, 6.45) is -4.69. The van der Waals surface area contributed by atoms with Gasteiger partial charge in [-0.1, -0.05) is 0 Å². The van der Waals surface area contributed by atoms with E-state index in [2.05, 4.69) is 20.7 Å². The van der Waals surface area contributed by atoms with Crippen LogP contribution in [0.3, 0.4) is 0 Å². The highest BCUT2D eigenvalue weighted by molar-refractivity contribution is 9.10. The molecule has 1 rings (SSSR count). The molecule has 0 radical (unpaired) electrons. The number of anilines is 1. The number of rotatable bonds is 1. The Balaban J connectivity index is 3.09. The van der Waals surface area contributed by atoms with Crippen LogP contribution in [0.25, 0.3) is 0 Å². The van der Waals surface area contributed by atoms with Crippen LogP contribution in [0.2, 0.25) is 0 Å². The third-order valence-electron chi connectivity index (χ3n) is 1.47. The van der Waals surface area contributed by atoms with Crippen LogP contribution in [0.5, 0.6) is 5.75 Å². The molecule has 2 nitrogen and oxygen atoms in total. The van der Waals surface area contributed by atoms with Gasteiger partial charge in [0.25, 0.3) is 0 Å². The molecule has 0 saturated carbocycles. The van der Waals surface area contributed by atoms with Crippen LogP contribution >= 0.6 is 15.9 Å². The Labute approximate surface area is 87.0 Å². The minimum atomic E-state index is -4.69. The van der Waals surface area contributed by atoms with E-state index in [-0.39, 0.29) is 10.2 Å². The normalized spacial score (nSPS) is 11.5. The lowest BCUT2D eigenvalue weighted by molar-refractivity contribution is -0.275. The summed E-state index contributed by atoms with van der Waals surface area (Å²) in [7, 11) is 0. The lowest BCUT2D eigenvalue weighted by Gasteiger charge is -2.13. The number of nitrogen functional groups attached to an aromatic ring is 1. The summed E-state index contributed by atoms with van der Waals surface area (Å²) in [4.78, 5) is 0. The van der Waals surface area contributed by atoms with E-state index in [1.54, 1.807) is 0 Å². The van der Waals surface area contributed by atoms with Crippen molar-refractivity contribution in [3.8, 4) is 5.75 Å². The van der Waals surface area contributed by atoms with Crippen LogP contribution in [0.4, 0.5) is 18.9 Å². The van der Waals surface area contributed by atoms with E-state index in [0.717, 1.165) is 0 Å². The lowest BCUT2D eigenvalue weighted by atomic mass is 10.2. The fourth-order valence-electron chi connectivity index (χ4n) is 1.00. The van der Waals surface area contributed by atoms with Gasteiger partial charge in [0, 0.05) is 5.69 Å². The number of halogens is 4. The Morgan fingerprint density at radius 3 is 2.36 bits per heavy atom. The van der Waals surface area contributed by atoms with Crippen molar-refractivity contribution in [2.75, 3.05) is 5.73 Å². The largest absolute Gasteiger partial charge is 0.573 e. The lowest BCUT2D eigenvalue weighted by Crippen LogP contribution is -2.18. The van der Waals surface area contributed by atoms with E-state index >= 15 is 0 Å². The van der Waals surface area contributed by atoms with Gasteiger partial charge in [0.15, 0.2) is 0 Å². The molecule has 1 aromatic carbocycles. The van der Waals surface area contributed by atoms with Crippen molar-refractivity contribution in [1.82, 2.24) is 0 Å². The molecule has 0 aliphatic carbocycles. The second-order valence-electron chi connectivity index (χ2n) is 2.70. The van der Waals surface area contributed by atoms with Crippen LogP contribution in [0, 0.1) is 6.92 Å². The highest BCUT2D eigenvalue weighted by Gasteiger charge is 2.32. The summed E-state index contributed by atoms with van der Waals surface area (Å²) in [5.74, 6) is -0.258. The van der Waals surface area contributed by atoms with Crippen molar-refractivity contribution in [1.29, 1.82) is 0 Å². The van der Waals surface area contributed by atoms with Crippen molar-refractivity contribution in [3.05, 3.63) is 22.2 Å². The highest BCUT2D eigenvalue weighted by Crippen LogP contribution is 2.35. The number of hydrogen-bond acceptors (Lipinski definition) is 2. The van der Waals surface area contributed by atoms with Crippen molar-refractivity contribution >= 4 is 21.6 Å². The van der Waals surface area contributed by atoms with Gasteiger partial charge in [-0.05, 0) is 40.5 Å². The van der Waals surface area contributed by atoms with Gasteiger partial charge in [-0.25, -0.2) is 0 Å². The Morgan fingerprint density at radius 1 is 1.36 bits per heavy atom. The van der Waals surface area contributed by atoms with E-state index < -0.39 is 6.36 Å². The summed E-state index contributed by atoms with van der Waals surface area (Å²) in [5.41, 5.74) is 6.13. The first-order valence-corrected chi connectivity index (χ1v) is 4.40. The second kappa shape index (κ2) is 3.68. The number of ether oxygens (including phenoxy) is 1. The van der Waals surface area contributed by atoms with Gasteiger partial charge in [-0.2, -0.15) is 0 Å². The summed E-state index contributed by atoms with van der Waals surface area (Å²) >= 11 is 2.95. The molecule has 14 heavy (non-hydrogen) atoms. The SMILES string of the molecule is Cc1cc(N)cc(Br)c1OC(F)(F)F. The molecule has 6 heteroatoms. The molecule has 0 atom stereocenters. The maximum absolute atomic E-state index is 11.9. The molecule has 0 amide bonds. The number of aryl methyl sites for hydroxylation is 1. The maximum atomic E-state index is 11.9. The zero-order valence-electron chi connectivity index (χ0n) is 7.15. The van der Waals surface area contributed by atoms with E-state index in [9.17, 15) is 13.2 Å². The first-order chi connectivity index (χ1) is 6.29. The summed E-state index contributed by atoms with van der Waals surface area (Å²) < 4.78 is 39.8. The van der Waals surface area contributed by atoms with Crippen LogP contribution in [0.1, 0.15) is 5.56 Å². The molecule has 0 fully saturated rings. The fourth-order valence-corrected chi connectivity index (χ4v) is 1.66. The van der Waals surface area contributed by atoms with Gasteiger partial charge in [-0.15, -0.1) is 13.2 Å². The number of nitrogens with two attached hydrogens (primary N) is 1. The van der Waals surface area contributed by atoms with Crippen LogP contribution < -0.4 is 10.5 Å². The molecule has 0 aliphatic heterocycles. The Bertz CT molecular complexity index is 328. The van der Waals surface area contributed by atoms with Gasteiger partial charge in [0.2, 0.25) is 0 Å². The first-order valence-electron chi connectivity index (χ1n) is 3.61. The first kappa shape index (κ1) is 11.2. The molecular formula is C8H7BrF3NO. The zero-order valence-corrected chi connectivity index (χ0v) is 8.74. The second-order valence-corrected chi connectivity index (χ2v) is 3.55. The molecule has 0 aromatic heterocycles. The topological polar surface area (TPSA) is 35.2 Å². The molecular weight excluding hydrogens is 263 g/mol. The van der Waals surface area contributed by atoms with E-state index in [4.69, 9.17) is 5.73 Å². The van der Waals surface area contributed by atoms with E-state index in [1.165, 1.54) is 19.1 Å². The predicted molar refractivity (Wildman–Crippen MR) is 50.0 cm³/mol. The van der Waals surface area contributed by atoms with Crippen LogP contribution in [-0.2, 0) is 0 Å². The Hall–Kier alpha value is -0.910. The van der Waals surface area contributed by atoms with E-state index in [1.807, 2.05) is 0 Å². The predicted octanol–water partition coefficient (Wildman–Crippen LogP) is 3.24. The van der Waals surface area contributed by atoms with Crippen molar-refractivity contribution in [3.63, 3.8) is 0 Å². The number of alkyl halides is 3. The summed E-state index contributed by atoms with van der Waals surface area (Å²) in [6.45, 7) is 1.49. The molecule has 0 unspecified atom stereocenters. The minimum Gasteiger partial charge on any atom is -0.404 e. The summed E-state index contributed by atoms with van der Waals surface area (Å²) in [6, 6.07) is 2.76. The Kier molecular flexibility index (Phi) is 2.94. The van der Waals surface area contributed by atoms with Gasteiger partial charge in [0.1, 0.15) is 5.75 Å². The molecule has 0 spiro atoms. The van der Waals surface area contributed by atoms with E-state index in [0.29, 0.717) is 11.3 Å². The van der Waals surface area contributed by atoms with Crippen LogP contribution in [-0.4, -0.2) is 6.36 Å². The van der Waals surface area contributed by atoms with Gasteiger partial charge in [-0.3, -0.25) is 0 Å². The van der Waals surface area contributed by atoms with Crippen molar-refractivity contribution in [2.45, 2.75) is 13.3 Å². The standard InChI is InChI=1S/C8H7BrF3NO/c1-4-2-5(13)3-6(9)7(4)14-8(10,11)12/h2-3H,13H2,1H3. The monoisotopic (exact) mass is 269 g/mol. The van der Waals surface area contributed by atoms with Crippen LogP contribution in [0.15, 0.2) is 16.6 Å². The molecule has 78 valence electrons. The average molecular weight is 270 g/mol. The van der Waals surface area contributed by atoms with Crippen molar-refractivity contribution in [2.24, 2.45) is 0 Å². The number of benzene rings is 1. The molecule has 0 saturated heterocycles. The smallest absolute Gasteiger partial charge is 0.404 e. The third-order valence-corrected chi connectivity index (χ3v) is 2.06. The average Bonchev–Trinajstić information content (AvgIpc) is 1.95. The Morgan fingerprint density at radius 2 is 1.93 bits per heavy atom.